The van der Waals surface area contributed by atoms with Gasteiger partial charge in [-0.15, -0.1) is 0 Å². The van der Waals surface area contributed by atoms with E-state index in [0.717, 1.165) is 0 Å². The molecule has 0 spiro atoms. The Hall–Kier alpha value is -1.76. The molecular weight excluding hydrogens is 492 g/mol. The zero-order valence-electron chi connectivity index (χ0n) is 20.6. The fourth-order valence-corrected chi connectivity index (χ4v) is 25.9. The number of benzene rings is 3. The van der Waals surface area contributed by atoms with Gasteiger partial charge in [-0.05, 0) is 0 Å². The number of fused-ring (bicyclic) bond motifs is 8. The molecule has 2 unspecified atom stereocenters. The van der Waals surface area contributed by atoms with Crippen molar-refractivity contribution >= 4 is 23.7 Å². The molecule has 0 saturated heterocycles. The normalized spacial score (nSPS) is 26.7. The zero-order valence-corrected chi connectivity index (χ0v) is 24.0. The quantitative estimate of drug-likeness (QED) is 0.303. The molecule has 2 heteroatoms. The van der Waals surface area contributed by atoms with Crippen LogP contribution in [0.15, 0.2) is 90.0 Å². The maximum absolute atomic E-state index is 2.77. The molecule has 3 aromatic carbocycles. The van der Waals surface area contributed by atoms with Crippen molar-refractivity contribution in [3.63, 3.8) is 0 Å². The van der Waals surface area contributed by atoms with E-state index in [2.05, 4.69) is 109 Å². The van der Waals surface area contributed by atoms with Crippen LogP contribution in [-0.4, -0.2) is 8.07 Å². The summed E-state index contributed by atoms with van der Waals surface area (Å²) in [6.07, 6.45) is 2.37. The van der Waals surface area contributed by atoms with Crippen molar-refractivity contribution in [1.29, 1.82) is 0 Å². The fourth-order valence-electron chi connectivity index (χ4n) is 7.96. The molecule has 0 nitrogen and oxygen atoms in total. The summed E-state index contributed by atoms with van der Waals surface area (Å²) >= 11 is -2.75. The molecule has 0 amide bonds. The Bertz CT molecular complexity index is 1250. The van der Waals surface area contributed by atoms with E-state index in [0.29, 0.717) is 7.25 Å². The monoisotopic (exact) mass is 524 g/mol. The van der Waals surface area contributed by atoms with Crippen molar-refractivity contribution in [2.24, 2.45) is 0 Å². The maximum atomic E-state index is 2.77. The first-order valence-electron chi connectivity index (χ1n) is 12.7. The molecule has 0 N–H and O–H groups in total. The Morgan fingerprint density at radius 2 is 1.06 bits per heavy atom. The van der Waals surface area contributed by atoms with Crippen LogP contribution in [0.25, 0.3) is 10.4 Å². The SMILES string of the molecule is CCC1=C2c3ccccc3[CH]1[Zr]([CH3])([CH3])[CH]1C(CC)=C(c3ccccc31)[Si]2(C)c1ccccc1. The van der Waals surface area contributed by atoms with Gasteiger partial charge in [0, 0.05) is 0 Å². The van der Waals surface area contributed by atoms with E-state index in [9.17, 15) is 0 Å². The zero-order chi connectivity index (χ0) is 23.0. The predicted octanol–water partition coefficient (Wildman–Crippen LogP) is 8.15. The minimum atomic E-state index is -2.75. The van der Waals surface area contributed by atoms with E-state index in [-0.39, 0.29) is 0 Å². The summed E-state index contributed by atoms with van der Waals surface area (Å²) in [6.45, 7) is 7.55. The van der Waals surface area contributed by atoms with Crippen LogP contribution >= 0.6 is 0 Å². The number of rotatable bonds is 3. The van der Waals surface area contributed by atoms with Crippen molar-refractivity contribution in [2.45, 2.75) is 49.8 Å². The second kappa shape index (κ2) is 7.62. The van der Waals surface area contributed by atoms with Gasteiger partial charge in [0.2, 0.25) is 0 Å². The van der Waals surface area contributed by atoms with E-state index in [1.54, 1.807) is 49.0 Å². The van der Waals surface area contributed by atoms with E-state index in [4.69, 9.17) is 0 Å². The summed E-state index contributed by atoms with van der Waals surface area (Å²) in [5, 5.41) is 5.10. The summed E-state index contributed by atoms with van der Waals surface area (Å²) in [7, 11) is -2.21. The van der Waals surface area contributed by atoms with Crippen LogP contribution in [0.4, 0.5) is 0 Å². The molecule has 166 valence electrons. The van der Waals surface area contributed by atoms with Crippen molar-refractivity contribution in [1.82, 2.24) is 0 Å². The molecule has 1 aliphatic heterocycles. The van der Waals surface area contributed by atoms with Crippen LogP contribution in [0, 0.1) is 0 Å². The van der Waals surface area contributed by atoms with Gasteiger partial charge < -0.3 is 0 Å². The number of hydrogen-bond acceptors (Lipinski definition) is 0. The molecule has 2 aliphatic carbocycles. The van der Waals surface area contributed by atoms with Crippen LogP contribution in [-0.2, 0) is 20.3 Å². The Kier molecular flexibility index (Phi) is 5.02. The molecule has 0 radical (unpaired) electrons. The topological polar surface area (TPSA) is 0 Å². The Balaban J connectivity index is 1.83. The van der Waals surface area contributed by atoms with Crippen molar-refractivity contribution < 1.29 is 20.3 Å². The molecule has 3 aromatic rings. The van der Waals surface area contributed by atoms with Crippen molar-refractivity contribution in [3.05, 3.63) is 112 Å². The predicted molar refractivity (Wildman–Crippen MR) is 142 cm³/mol. The van der Waals surface area contributed by atoms with Gasteiger partial charge in [0.15, 0.2) is 0 Å². The molecule has 4 bridgehead atoms. The van der Waals surface area contributed by atoms with Crippen molar-refractivity contribution in [2.75, 3.05) is 0 Å². The molecule has 0 fully saturated rings. The summed E-state index contributed by atoms with van der Waals surface area (Å²) in [6, 6.07) is 30.7. The van der Waals surface area contributed by atoms with Gasteiger partial charge in [0.05, 0.1) is 0 Å². The summed E-state index contributed by atoms with van der Waals surface area (Å²) in [4.78, 5) is 0. The molecule has 2 atom stereocenters. The molecule has 1 heterocycles. The Morgan fingerprint density at radius 1 is 0.636 bits per heavy atom. The molecule has 33 heavy (non-hydrogen) atoms. The van der Waals surface area contributed by atoms with E-state index in [1.807, 2.05) is 0 Å². The number of allylic oxidation sites excluding steroid dienone is 2. The second-order valence-electron chi connectivity index (χ2n) is 10.9. The fraction of sp³-hybridized carbons (Fsp3) is 0.290. The van der Waals surface area contributed by atoms with Gasteiger partial charge in [-0.2, -0.15) is 0 Å². The number of hydrogen-bond donors (Lipinski definition) is 0. The van der Waals surface area contributed by atoms with Gasteiger partial charge in [0.1, 0.15) is 0 Å². The van der Waals surface area contributed by atoms with Crippen LogP contribution < -0.4 is 5.19 Å². The minimum absolute atomic E-state index is 0.685. The first-order valence-corrected chi connectivity index (χ1v) is 22.9. The van der Waals surface area contributed by atoms with Crippen LogP contribution in [0.5, 0.6) is 0 Å². The molecule has 3 aliphatic rings. The third kappa shape index (κ3) is 2.72. The first kappa shape index (κ1) is 21.8. The Labute approximate surface area is 204 Å². The summed E-state index contributed by atoms with van der Waals surface area (Å²) in [5.74, 6) is 0. The third-order valence-corrected chi connectivity index (χ3v) is 24.2. The van der Waals surface area contributed by atoms with E-state index < -0.39 is 28.3 Å². The summed E-state index contributed by atoms with van der Waals surface area (Å²) in [5.41, 5.74) is 10.1. The van der Waals surface area contributed by atoms with Gasteiger partial charge in [-0.1, -0.05) is 0 Å². The summed E-state index contributed by atoms with van der Waals surface area (Å²) < 4.78 is 6.90. The molecular formula is C31H34SiZr. The average Bonchev–Trinajstić information content (AvgIpc) is 3.38. The van der Waals surface area contributed by atoms with Crippen LogP contribution in [0.1, 0.15) is 56.2 Å². The Morgan fingerprint density at radius 3 is 1.52 bits per heavy atom. The molecule has 6 rings (SSSR count). The second-order valence-corrected chi connectivity index (χ2v) is 26.5. The van der Waals surface area contributed by atoms with Crippen LogP contribution in [0.2, 0.25) is 15.8 Å². The van der Waals surface area contributed by atoms with Gasteiger partial charge in [-0.3, -0.25) is 0 Å². The van der Waals surface area contributed by atoms with E-state index >= 15 is 0 Å². The van der Waals surface area contributed by atoms with E-state index in [1.165, 1.54) is 12.8 Å². The van der Waals surface area contributed by atoms with Gasteiger partial charge >= 0.3 is 206 Å². The third-order valence-electron chi connectivity index (χ3n) is 9.02. The molecule has 0 saturated carbocycles. The van der Waals surface area contributed by atoms with Gasteiger partial charge in [0.25, 0.3) is 0 Å². The van der Waals surface area contributed by atoms with Crippen molar-refractivity contribution in [3.8, 4) is 0 Å². The van der Waals surface area contributed by atoms with Gasteiger partial charge in [-0.25, -0.2) is 0 Å². The average molecular weight is 526 g/mol. The first-order chi connectivity index (χ1) is 16.0. The van der Waals surface area contributed by atoms with Crippen LogP contribution in [0.3, 0.4) is 0 Å². The molecule has 0 aromatic heterocycles. The standard InChI is InChI=1S/C29H28Si.2CH3.Zr/c1-4-21-19-23-13-9-11-17-26(23)28(21)30(3,25-15-7-6-8-16-25)29-22(5-2)20-24-14-10-12-18-27(24)29;;;/h6-20H,4-5H2,1-3H3;2*1H3;.